The Morgan fingerprint density at radius 1 is 1.12 bits per heavy atom. The molecule has 0 aliphatic rings. The van der Waals surface area contributed by atoms with E-state index in [0.717, 1.165) is 4.31 Å². The van der Waals surface area contributed by atoms with Crippen molar-refractivity contribution >= 4 is 27.7 Å². The number of nitrogens with zero attached hydrogens (tertiary/aromatic N) is 1. The fourth-order valence-corrected chi connectivity index (χ4v) is 2.64. The fraction of sp³-hybridized carbons (Fsp3) is 0.500. The molecule has 0 saturated heterocycles. The van der Waals surface area contributed by atoms with Gasteiger partial charge in [-0.1, -0.05) is 0 Å². The van der Waals surface area contributed by atoms with Crippen molar-refractivity contribution in [2.75, 3.05) is 26.0 Å². The molecule has 140 valence electrons. The number of amides is 2. The largest absolute Gasteiger partial charge is 0.444 e. The minimum absolute atomic E-state index is 0.0665. The van der Waals surface area contributed by atoms with Crippen molar-refractivity contribution < 1.29 is 22.7 Å². The maximum absolute atomic E-state index is 12.0. The Bertz CT molecular complexity index is 706. The zero-order chi connectivity index (χ0) is 19.3. The smallest absolute Gasteiger partial charge is 0.407 e. The van der Waals surface area contributed by atoms with Crippen molar-refractivity contribution in [2.45, 2.75) is 37.7 Å². The van der Waals surface area contributed by atoms with Crippen molar-refractivity contribution in [3.63, 3.8) is 0 Å². The van der Waals surface area contributed by atoms with E-state index >= 15 is 0 Å². The molecule has 0 aromatic heterocycles. The molecule has 2 amide bonds. The predicted molar refractivity (Wildman–Crippen MR) is 94.8 cm³/mol. The third kappa shape index (κ3) is 7.10. The summed E-state index contributed by atoms with van der Waals surface area (Å²) in [5.41, 5.74) is -0.124. The zero-order valence-corrected chi connectivity index (χ0v) is 15.9. The highest BCUT2D eigenvalue weighted by atomic mass is 32.2. The van der Waals surface area contributed by atoms with Gasteiger partial charge in [0.2, 0.25) is 15.9 Å². The highest BCUT2D eigenvalue weighted by Crippen LogP contribution is 2.16. The number of ether oxygens (including phenoxy) is 1. The van der Waals surface area contributed by atoms with Crippen molar-refractivity contribution in [1.82, 2.24) is 9.62 Å². The Labute approximate surface area is 148 Å². The quantitative estimate of drug-likeness (QED) is 0.793. The molecule has 1 aromatic rings. The van der Waals surface area contributed by atoms with Gasteiger partial charge in [-0.2, -0.15) is 0 Å². The van der Waals surface area contributed by atoms with E-state index < -0.39 is 21.7 Å². The van der Waals surface area contributed by atoms with Crippen LogP contribution in [0.1, 0.15) is 27.2 Å². The molecule has 0 heterocycles. The van der Waals surface area contributed by atoms with Crippen LogP contribution in [-0.2, 0) is 19.6 Å². The van der Waals surface area contributed by atoms with Crippen LogP contribution in [0, 0.1) is 0 Å². The highest BCUT2D eigenvalue weighted by molar-refractivity contribution is 7.89. The topological polar surface area (TPSA) is 105 Å². The molecular formula is C16H25N3O5S. The molecule has 0 radical (unpaired) electrons. The Morgan fingerprint density at radius 3 is 2.16 bits per heavy atom. The first-order valence-electron chi connectivity index (χ1n) is 7.71. The molecule has 8 nitrogen and oxygen atoms in total. The fourth-order valence-electron chi connectivity index (χ4n) is 1.74. The molecular weight excluding hydrogens is 346 g/mol. The predicted octanol–water partition coefficient (Wildman–Crippen LogP) is 1.79. The number of alkyl carbamates (subject to hydrolysis) is 1. The molecule has 0 aliphatic heterocycles. The third-order valence-electron chi connectivity index (χ3n) is 2.94. The van der Waals surface area contributed by atoms with Gasteiger partial charge in [-0.05, 0) is 45.0 Å². The number of benzene rings is 1. The van der Waals surface area contributed by atoms with Gasteiger partial charge in [0.1, 0.15) is 5.60 Å². The van der Waals surface area contributed by atoms with Crippen LogP contribution in [0.3, 0.4) is 0 Å². The number of carbonyl (C=O) groups is 2. The summed E-state index contributed by atoms with van der Waals surface area (Å²) >= 11 is 0. The lowest BCUT2D eigenvalue weighted by Crippen LogP contribution is -2.34. The Kier molecular flexibility index (Phi) is 6.95. The number of rotatable bonds is 6. The summed E-state index contributed by atoms with van der Waals surface area (Å²) < 4.78 is 30.1. The monoisotopic (exact) mass is 371 g/mol. The number of hydrogen-bond donors (Lipinski definition) is 2. The van der Waals surface area contributed by atoms with Crippen LogP contribution in [0.5, 0.6) is 0 Å². The number of carbonyl (C=O) groups excluding carboxylic acids is 2. The maximum atomic E-state index is 12.0. The Morgan fingerprint density at radius 2 is 1.68 bits per heavy atom. The molecule has 0 bridgehead atoms. The summed E-state index contributed by atoms with van der Waals surface area (Å²) in [7, 11) is -0.607. The standard InChI is InChI=1S/C16H25N3O5S/c1-16(2,3)24-15(21)17-11-10-14(20)18-12-6-8-13(9-7-12)25(22,23)19(4)5/h6-9H,10-11H2,1-5H3,(H,17,21)(H,18,20). The SMILES string of the molecule is CN(C)S(=O)(=O)c1ccc(NC(=O)CCNC(=O)OC(C)(C)C)cc1. The number of hydrogen-bond acceptors (Lipinski definition) is 5. The third-order valence-corrected chi connectivity index (χ3v) is 4.77. The molecule has 0 aliphatic carbocycles. The van der Waals surface area contributed by atoms with Gasteiger partial charge in [0.05, 0.1) is 4.90 Å². The number of anilines is 1. The molecule has 0 unspecified atom stereocenters. The van der Waals surface area contributed by atoms with Gasteiger partial charge in [-0.15, -0.1) is 0 Å². The van der Waals surface area contributed by atoms with E-state index in [1.54, 1.807) is 20.8 Å². The van der Waals surface area contributed by atoms with E-state index in [2.05, 4.69) is 10.6 Å². The maximum Gasteiger partial charge on any atom is 0.407 e. The van der Waals surface area contributed by atoms with Crippen LogP contribution in [-0.4, -0.2) is 51.0 Å². The van der Waals surface area contributed by atoms with Crippen molar-refractivity contribution in [2.24, 2.45) is 0 Å². The lowest BCUT2D eigenvalue weighted by Gasteiger charge is -2.19. The molecule has 0 spiro atoms. The lowest BCUT2D eigenvalue weighted by atomic mass is 10.2. The van der Waals surface area contributed by atoms with E-state index in [1.807, 2.05) is 0 Å². The summed E-state index contributed by atoms with van der Waals surface area (Å²) in [6, 6.07) is 5.86. The molecule has 0 fully saturated rings. The van der Waals surface area contributed by atoms with Gasteiger partial charge in [-0.25, -0.2) is 17.5 Å². The van der Waals surface area contributed by atoms with E-state index in [9.17, 15) is 18.0 Å². The van der Waals surface area contributed by atoms with Crippen molar-refractivity contribution in [3.8, 4) is 0 Å². The molecule has 1 rings (SSSR count). The first-order chi connectivity index (χ1) is 11.4. The second-order valence-corrected chi connectivity index (χ2v) is 8.69. The van der Waals surface area contributed by atoms with Crippen LogP contribution >= 0.6 is 0 Å². The second kappa shape index (κ2) is 8.30. The van der Waals surface area contributed by atoms with E-state index in [-0.39, 0.29) is 23.8 Å². The Hall–Kier alpha value is -2.13. The van der Waals surface area contributed by atoms with Crippen LogP contribution in [0.25, 0.3) is 0 Å². The van der Waals surface area contributed by atoms with Gasteiger partial charge < -0.3 is 15.4 Å². The van der Waals surface area contributed by atoms with E-state index in [4.69, 9.17) is 4.74 Å². The first kappa shape index (κ1) is 20.9. The van der Waals surface area contributed by atoms with Crippen LogP contribution in [0.15, 0.2) is 29.2 Å². The highest BCUT2D eigenvalue weighted by Gasteiger charge is 2.17. The normalized spacial score (nSPS) is 11.9. The molecule has 25 heavy (non-hydrogen) atoms. The summed E-state index contributed by atoms with van der Waals surface area (Å²) in [6.07, 6.45) is -0.518. The van der Waals surface area contributed by atoms with Gasteiger partial charge in [0, 0.05) is 32.7 Å². The van der Waals surface area contributed by atoms with Gasteiger partial charge >= 0.3 is 6.09 Å². The van der Waals surface area contributed by atoms with Crippen molar-refractivity contribution in [3.05, 3.63) is 24.3 Å². The second-order valence-electron chi connectivity index (χ2n) is 6.54. The number of nitrogens with one attached hydrogen (secondary N) is 2. The summed E-state index contributed by atoms with van der Waals surface area (Å²) in [4.78, 5) is 23.4. The minimum atomic E-state index is -3.50. The average Bonchev–Trinajstić information content (AvgIpc) is 2.45. The molecule has 0 saturated carbocycles. The van der Waals surface area contributed by atoms with Gasteiger partial charge in [0.25, 0.3) is 0 Å². The first-order valence-corrected chi connectivity index (χ1v) is 9.15. The average molecular weight is 371 g/mol. The number of sulfonamides is 1. The summed E-state index contributed by atoms with van der Waals surface area (Å²) in [6.45, 7) is 5.38. The summed E-state index contributed by atoms with van der Waals surface area (Å²) in [5, 5.41) is 5.12. The molecule has 9 heteroatoms. The van der Waals surface area contributed by atoms with E-state index in [0.29, 0.717) is 5.69 Å². The van der Waals surface area contributed by atoms with Gasteiger partial charge in [0.15, 0.2) is 0 Å². The van der Waals surface area contributed by atoms with E-state index in [1.165, 1.54) is 38.4 Å². The van der Waals surface area contributed by atoms with Crippen molar-refractivity contribution in [1.29, 1.82) is 0 Å². The molecule has 0 atom stereocenters. The van der Waals surface area contributed by atoms with Crippen LogP contribution in [0.2, 0.25) is 0 Å². The summed E-state index contributed by atoms with van der Waals surface area (Å²) in [5.74, 6) is -0.306. The van der Waals surface area contributed by atoms with Crippen LogP contribution < -0.4 is 10.6 Å². The lowest BCUT2D eigenvalue weighted by molar-refractivity contribution is -0.116. The Balaban J connectivity index is 2.49. The zero-order valence-electron chi connectivity index (χ0n) is 15.1. The van der Waals surface area contributed by atoms with Crippen LogP contribution in [0.4, 0.5) is 10.5 Å². The molecule has 1 aromatic carbocycles. The minimum Gasteiger partial charge on any atom is -0.444 e. The van der Waals surface area contributed by atoms with Gasteiger partial charge in [-0.3, -0.25) is 4.79 Å². The molecule has 2 N–H and O–H groups in total.